The fourth-order valence-corrected chi connectivity index (χ4v) is 1.55. The standard InChI is InChI=1S/C10H14N4O/c1-7(2)5-14-10(15)9-8(4-11-14)6-13(3)12-9/h4,6-7H,5H2,1-3H3. The van der Waals surface area contributed by atoms with Crippen LogP contribution in [-0.4, -0.2) is 19.6 Å². The average Bonchev–Trinajstić information content (AvgIpc) is 2.51. The highest BCUT2D eigenvalue weighted by Crippen LogP contribution is 2.04. The third-order valence-electron chi connectivity index (χ3n) is 2.17. The van der Waals surface area contributed by atoms with Crippen LogP contribution in [0.3, 0.4) is 0 Å². The van der Waals surface area contributed by atoms with E-state index in [1.54, 1.807) is 24.1 Å². The predicted molar refractivity (Wildman–Crippen MR) is 57.6 cm³/mol. The molecule has 0 aliphatic carbocycles. The number of fused-ring (bicyclic) bond motifs is 1. The molecule has 80 valence electrons. The Morgan fingerprint density at radius 2 is 2.20 bits per heavy atom. The lowest BCUT2D eigenvalue weighted by Crippen LogP contribution is -2.25. The summed E-state index contributed by atoms with van der Waals surface area (Å²) in [6.07, 6.45) is 3.48. The van der Waals surface area contributed by atoms with E-state index in [-0.39, 0.29) is 5.56 Å². The molecule has 15 heavy (non-hydrogen) atoms. The first-order chi connectivity index (χ1) is 7.08. The average molecular weight is 206 g/mol. The second-order valence-electron chi connectivity index (χ2n) is 4.13. The zero-order valence-electron chi connectivity index (χ0n) is 9.14. The van der Waals surface area contributed by atoms with E-state index in [2.05, 4.69) is 24.0 Å². The third kappa shape index (κ3) is 1.77. The molecule has 5 nitrogen and oxygen atoms in total. The number of hydrogen-bond donors (Lipinski definition) is 0. The Kier molecular flexibility index (Phi) is 2.30. The predicted octanol–water partition coefficient (Wildman–Crippen LogP) is 0.786. The van der Waals surface area contributed by atoms with Gasteiger partial charge in [0, 0.05) is 25.2 Å². The molecule has 0 saturated carbocycles. The van der Waals surface area contributed by atoms with E-state index in [0.717, 1.165) is 5.39 Å². The quantitative estimate of drug-likeness (QED) is 0.729. The van der Waals surface area contributed by atoms with Crippen molar-refractivity contribution >= 4 is 10.9 Å². The minimum absolute atomic E-state index is 0.109. The molecule has 0 unspecified atom stereocenters. The Balaban J connectivity index is 2.59. The van der Waals surface area contributed by atoms with Crippen LogP contribution < -0.4 is 5.56 Å². The van der Waals surface area contributed by atoms with Gasteiger partial charge in [0.25, 0.3) is 5.56 Å². The van der Waals surface area contributed by atoms with Crippen LogP contribution in [-0.2, 0) is 13.6 Å². The Morgan fingerprint density at radius 1 is 1.47 bits per heavy atom. The summed E-state index contributed by atoms with van der Waals surface area (Å²) in [5.41, 5.74) is 0.384. The summed E-state index contributed by atoms with van der Waals surface area (Å²) >= 11 is 0. The summed E-state index contributed by atoms with van der Waals surface area (Å²) in [6, 6.07) is 0. The lowest BCUT2D eigenvalue weighted by molar-refractivity contribution is 0.466. The van der Waals surface area contributed by atoms with Crippen LogP contribution in [0, 0.1) is 5.92 Å². The van der Waals surface area contributed by atoms with E-state index in [1.807, 2.05) is 0 Å². The van der Waals surface area contributed by atoms with Gasteiger partial charge >= 0.3 is 0 Å². The van der Waals surface area contributed by atoms with Gasteiger partial charge < -0.3 is 0 Å². The van der Waals surface area contributed by atoms with Crippen molar-refractivity contribution in [2.75, 3.05) is 0 Å². The normalized spacial score (nSPS) is 11.5. The van der Waals surface area contributed by atoms with Crippen LogP contribution >= 0.6 is 0 Å². The lowest BCUT2D eigenvalue weighted by atomic mass is 10.2. The Labute approximate surface area is 87.3 Å². The van der Waals surface area contributed by atoms with E-state index in [1.165, 1.54) is 4.68 Å². The molecule has 2 rings (SSSR count). The maximum atomic E-state index is 11.9. The molecule has 0 radical (unpaired) electrons. The van der Waals surface area contributed by atoms with Gasteiger partial charge in [-0.3, -0.25) is 9.48 Å². The summed E-state index contributed by atoms with van der Waals surface area (Å²) < 4.78 is 3.10. The largest absolute Gasteiger partial charge is 0.295 e. The minimum Gasteiger partial charge on any atom is -0.274 e. The molecule has 0 aliphatic rings. The second kappa shape index (κ2) is 3.49. The molecule has 0 saturated heterocycles. The molecule has 0 atom stereocenters. The zero-order valence-corrected chi connectivity index (χ0v) is 9.14. The van der Waals surface area contributed by atoms with Gasteiger partial charge in [0.15, 0.2) is 5.52 Å². The highest BCUT2D eigenvalue weighted by molar-refractivity contribution is 5.75. The summed E-state index contributed by atoms with van der Waals surface area (Å²) in [5, 5.41) is 9.03. The Hall–Kier alpha value is -1.65. The number of rotatable bonds is 2. The highest BCUT2D eigenvalue weighted by Gasteiger charge is 2.08. The van der Waals surface area contributed by atoms with Crippen molar-refractivity contribution in [1.82, 2.24) is 19.6 Å². The summed E-state index contributed by atoms with van der Waals surface area (Å²) in [6.45, 7) is 4.73. The van der Waals surface area contributed by atoms with Gasteiger partial charge in [-0.05, 0) is 5.92 Å². The molecule has 0 aromatic carbocycles. The Morgan fingerprint density at radius 3 is 2.87 bits per heavy atom. The zero-order chi connectivity index (χ0) is 11.0. The first-order valence-electron chi connectivity index (χ1n) is 4.97. The van der Waals surface area contributed by atoms with Crippen LogP contribution in [0.15, 0.2) is 17.2 Å². The summed E-state index contributed by atoms with van der Waals surface area (Å²) in [4.78, 5) is 11.9. The van der Waals surface area contributed by atoms with Crippen molar-refractivity contribution in [2.24, 2.45) is 13.0 Å². The van der Waals surface area contributed by atoms with Crippen molar-refractivity contribution in [2.45, 2.75) is 20.4 Å². The molecule has 0 fully saturated rings. The van der Waals surface area contributed by atoms with Gasteiger partial charge in [0.2, 0.25) is 0 Å². The van der Waals surface area contributed by atoms with Gasteiger partial charge in [-0.2, -0.15) is 10.2 Å². The van der Waals surface area contributed by atoms with Crippen LogP contribution in [0.4, 0.5) is 0 Å². The monoisotopic (exact) mass is 206 g/mol. The molecule has 0 aliphatic heterocycles. The van der Waals surface area contributed by atoms with Crippen molar-refractivity contribution in [1.29, 1.82) is 0 Å². The molecule has 2 heterocycles. The smallest absolute Gasteiger partial charge is 0.274 e. The Bertz CT molecular complexity index is 538. The van der Waals surface area contributed by atoms with Gasteiger partial charge in [0.1, 0.15) is 0 Å². The maximum absolute atomic E-state index is 11.9. The van der Waals surface area contributed by atoms with Gasteiger partial charge in [-0.1, -0.05) is 13.8 Å². The van der Waals surface area contributed by atoms with Crippen molar-refractivity contribution in [3.05, 3.63) is 22.7 Å². The number of aromatic nitrogens is 4. The highest BCUT2D eigenvalue weighted by atomic mass is 16.1. The van der Waals surface area contributed by atoms with Gasteiger partial charge in [-0.25, -0.2) is 4.68 Å². The maximum Gasteiger partial charge on any atom is 0.295 e. The minimum atomic E-state index is -0.109. The van der Waals surface area contributed by atoms with Crippen molar-refractivity contribution in [3.63, 3.8) is 0 Å². The van der Waals surface area contributed by atoms with E-state index < -0.39 is 0 Å². The molecule has 0 amide bonds. The molecular formula is C10H14N4O. The molecular weight excluding hydrogens is 192 g/mol. The molecule has 0 spiro atoms. The van der Waals surface area contributed by atoms with Crippen LogP contribution in [0.25, 0.3) is 10.9 Å². The summed E-state index contributed by atoms with van der Waals surface area (Å²) in [5.74, 6) is 0.399. The van der Waals surface area contributed by atoms with E-state index in [9.17, 15) is 4.79 Å². The fraction of sp³-hybridized carbons (Fsp3) is 0.500. The first-order valence-corrected chi connectivity index (χ1v) is 4.97. The van der Waals surface area contributed by atoms with Crippen molar-refractivity contribution in [3.8, 4) is 0 Å². The number of hydrogen-bond acceptors (Lipinski definition) is 3. The first kappa shape index (κ1) is 9.89. The molecule has 0 bridgehead atoms. The molecule has 2 aromatic heterocycles. The van der Waals surface area contributed by atoms with Crippen LogP contribution in [0.2, 0.25) is 0 Å². The van der Waals surface area contributed by atoms with E-state index in [0.29, 0.717) is 18.0 Å². The van der Waals surface area contributed by atoms with E-state index in [4.69, 9.17) is 0 Å². The van der Waals surface area contributed by atoms with E-state index >= 15 is 0 Å². The number of nitrogens with zero attached hydrogens (tertiary/aromatic N) is 4. The third-order valence-corrected chi connectivity index (χ3v) is 2.17. The molecule has 0 N–H and O–H groups in total. The summed E-state index contributed by atoms with van der Waals surface area (Å²) in [7, 11) is 1.80. The van der Waals surface area contributed by atoms with Crippen molar-refractivity contribution < 1.29 is 0 Å². The van der Waals surface area contributed by atoms with Gasteiger partial charge in [-0.15, -0.1) is 0 Å². The fourth-order valence-electron chi connectivity index (χ4n) is 1.55. The lowest BCUT2D eigenvalue weighted by Gasteiger charge is -2.05. The topological polar surface area (TPSA) is 52.7 Å². The molecule has 2 aromatic rings. The van der Waals surface area contributed by atoms with Crippen LogP contribution in [0.5, 0.6) is 0 Å². The SMILES string of the molecule is CC(C)Cn1ncc2cn(C)nc2c1=O. The van der Waals surface area contributed by atoms with Crippen LogP contribution in [0.1, 0.15) is 13.8 Å². The van der Waals surface area contributed by atoms with Gasteiger partial charge in [0.05, 0.1) is 6.20 Å². The second-order valence-corrected chi connectivity index (χ2v) is 4.13. The number of aryl methyl sites for hydroxylation is 1. The molecule has 5 heteroatoms.